The van der Waals surface area contributed by atoms with Crippen molar-refractivity contribution in [3.63, 3.8) is 0 Å². The molecular weight excluding hydrogens is 395 g/mol. The zero-order chi connectivity index (χ0) is 18.0. The lowest BCUT2D eigenvalue weighted by molar-refractivity contribution is -0.115. The van der Waals surface area contributed by atoms with E-state index in [4.69, 9.17) is 4.42 Å². The number of rotatable bonds is 2. The third kappa shape index (κ3) is 3.94. The number of likely N-dealkylation sites (N-methyl/N-ethyl adjacent to an activating group) is 1. The molecule has 1 aliphatic rings. The van der Waals surface area contributed by atoms with Gasteiger partial charge in [0.25, 0.3) is 5.91 Å². The van der Waals surface area contributed by atoms with Gasteiger partial charge in [-0.1, -0.05) is 0 Å². The molecule has 1 aromatic heterocycles. The summed E-state index contributed by atoms with van der Waals surface area (Å²) in [6.07, 6.45) is 1.53. The molecule has 9 heteroatoms. The van der Waals surface area contributed by atoms with Crippen molar-refractivity contribution in [3.05, 3.63) is 58.3 Å². The van der Waals surface area contributed by atoms with E-state index in [1.54, 1.807) is 19.2 Å². The Labute approximate surface area is 150 Å². The summed E-state index contributed by atoms with van der Waals surface area (Å²) in [6, 6.07) is 7.94. The number of anilines is 1. The molecule has 0 radical (unpaired) electrons. The molecule has 0 saturated carbocycles. The second-order valence-corrected chi connectivity index (χ2v) is 5.84. The fraction of sp³-hybridized carbons (Fsp3) is 0.0625. The fourth-order valence-electron chi connectivity index (χ4n) is 2.10. The first-order valence-corrected chi connectivity index (χ1v) is 7.89. The lowest BCUT2D eigenvalue weighted by Gasteiger charge is -2.10. The summed E-state index contributed by atoms with van der Waals surface area (Å²) in [4.78, 5) is 29.3. The van der Waals surface area contributed by atoms with Crippen molar-refractivity contribution in [3.8, 4) is 0 Å². The lowest BCUT2D eigenvalue weighted by atomic mass is 10.3. The molecule has 2 N–H and O–H groups in total. The van der Waals surface area contributed by atoms with E-state index in [0.717, 1.165) is 0 Å². The number of benzene rings is 1. The summed E-state index contributed by atoms with van der Waals surface area (Å²) in [5.74, 6) is -0.280. The van der Waals surface area contributed by atoms with Gasteiger partial charge in [-0.3, -0.25) is 10.1 Å². The molecule has 0 bridgehead atoms. The van der Waals surface area contributed by atoms with E-state index in [0.29, 0.717) is 16.1 Å². The van der Waals surface area contributed by atoms with Gasteiger partial charge in [0.05, 0.1) is 0 Å². The number of guanidine groups is 1. The molecule has 0 unspecified atom stereocenters. The minimum Gasteiger partial charge on any atom is -0.450 e. The summed E-state index contributed by atoms with van der Waals surface area (Å²) in [5, 5.41) is 4.99. The Morgan fingerprint density at radius 1 is 1.32 bits per heavy atom. The minimum absolute atomic E-state index is 0.0708. The van der Waals surface area contributed by atoms with Crippen LogP contribution in [-0.4, -0.2) is 29.8 Å². The normalized spacial score (nSPS) is 17.2. The highest BCUT2D eigenvalue weighted by Crippen LogP contribution is 2.20. The van der Waals surface area contributed by atoms with Crippen molar-refractivity contribution >= 4 is 45.6 Å². The Kier molecular flexibility index (Phi) is 4.66. The Bertz CT molecular complexity index is 889. The summed E-state index contributed by atoms with van der Waals surface area (Å²) in [5.41, 5.74) is 0.661. The van der Waals surface area contributed by atoms with Crippen LogP contribution < -0.4 is 10.6 Å². The van der Waals surface area contributed by atoms with Crippen molar-refractivity contribution in [2.75, 3.05) is 12.4 Å². The van der Waals surface area contributed by atoms with E-state index >= 15 is 0 Å². The maximum Gasteiger partial charge on any atom is 0.348 e. The Morgan fingerprint density at radius 3 is 2.68 bits per heavy atom. The van der Waals surface area contributed by atoms with Crippen LogP contribution in [0.2, 0.25) is 0 Å². The van der Waals surface area contributed by atoms with Gasteiger partial charge in [-0.05, 0) is 52.3 Å². The van der Waals surface area contributed by atoms with Crippen LogP contribution in [0.1, 0.15) is 5.76 Å². The maximum atomic E-state index is 12.9. The summed E-state index contributed by atoms with van der Waals surface area (Å²) >= 11 is 3.18. The predicted octanol–water partition coefficient (Wildman–Crippen LogP) is 3.17. The van der Waals surface area contributed by atoms with Gasteiger partial charge < -0.3 is 14.6 Å². The van der Waals surface area contributed by atoms with Crippen LogP contribution in [0.4, 0.5) is 14.9 Å². The molecule has 3 amide bonds. The molecule has 2 aromatic rings. The van der Waals surface area contributed by atoms with Gasteiger partial charge in [0, 0.05) is 18.8 Å². The first-order chi connectivity index (χ1) is 11.9. The molecular formula is C16H12BrFN4O3. The Hall–Kier alpha value is -2.94. The van der Waals surface area contributed by atoms with Gasteiger partial charge >= 0.3 is 6.03 Å². The smallest absolute Gasteiger partial charge is 0.348 e. The molecule has 0 atom stereocenters. The second kappa shape index (κ2) is 6.89. The third-order valence-corrected chi connectivity index (χ3v) is 3.74. The van der Waals surface area contributed by atoms with E-state index in [-0.39, 0.29) is 11.7 Å². The highest BCUT2D eigenvalue weighted by atomic mass is 79.9. The van der Waals surface area contributed by atoms with Gasteiger partial charge in [0.2, 0.25) is 5.96 Å². The molecule has 1 aromatic carbocycles. The molecule has 25 heavy (non-hydrogen) atoms. The first-order valence-electron chi connectivity index (χ1n) is 7.10. The molecule has 7 nitrogen and oxygen atoms in total. The summed E-state index contributed by atoms with van der Waals surface area (Å²) in [6.45, 7) is 0. The van der Waals surface area contributed by atoms with Crippen LogP contribution in [0.3, 0.4) is 0 Å². The Balaban J connectivity index is 1.75. The van der Waals surface area contributed by atoms with Crippen LogP contribution in [0, 0.1) is 5.82 Å². The number of furan rings is 1. The molecule has 0 aliphatic carbocycles. The maximum absolute atomic E-state index is 12.9. The van der Waals surface area contributed by atoms with E-state index in [2.05, 4.69) is 31.6 Å². The number of halogens is 2. The molecule has 2 heterocycles. The zero-order valence-corrected chi connectivity index (χ0v) is 14.5. The number of aliphatic imine (C=N–C) groups is 1. The van der Waals surface area contributed by atoms with E-state index in [1.807, 2.05) is 0 Å². The van der Waals surface area contributed by atoms with E-state index in [9.17, 15) is 14.0 Å². The average molecular weight is 407 g/mol. The molecule has 1 aliphatic heterocycles. The van der Waals surface area contributed by atoms with Crippen LogP contribution >= 0.6 is 15.9 Å². The van der Waals surface area contributed by atoms with Gasteiger partial charge in [-0.2, -0.15) is 4.99 Å². The standard InChI is InChI=1S/C16H12BrFN4O3/c1-22-12(8-11-6-7-13(17)25-11)14(23)20-15(22)21-16(24)19-10-4-2-9(18)3-5-10/h2-8H,1H3,(H2,19,20,21,23,24)/b12-8-. The van der Waals surface area contributed by atoms with Crippen molar-refractivity contribution in [2.24, 2.45) is 4.99 Å². The van der Waals surface area contributed by atoms with Crippen molar-refractivity contribution in [2.45, 2.75) is 0 Å². The van der Waals surface area contributed by atoms with Crippen molar-refractivity contribution in [1.29, 1.82) is 0 Å². The molecule has 1 saturated heterocycles. The number of hydrogen-bond acceptors (Lipinski definition) is 3. The quantitative estimate of drug-likeness (QED) is 0.749. The SMILES string of the molecule is CN1/C(=C\c2ccc(Br)o2)C(=O)N/C1=N\C(=O)Nc1ccc(F)cc1. The van der Waals surface area contributed by atoms with E-state index in [1.165, 1.54) is 35.2 Å². The molecule has 3 rings (SSSR count). The third-order valence-electron chi connectivity index (χ3n) is 3.31. The van der Waals surface area contributed by atoms with Gasteiger partial charge in [-0.25, -0.2) is 9.18 Å². The van der Waals surface area contributed by atoms with Crippen LogP contribution in [0.25, 0.3) is 6.08 Å². The summed E-state index contributed by atoms with van der Waals surface area (Å²) in [7, 11) is 1.59. The monoisotopic (exact) mass is 406 g/mol. The number of hydrogen-bond donors (Lipinski definition) is 2. The highest BCUT2D eigenvalue weighted by molar-refractivity contribution is 9.10. The van der Waals surface area contributed by atoms with Gasteiger partial charge in [-0.15, -0.1) is 0 Å². The van der Waals surface area contributed by atoms with Crippen LogP contribution in [0.5, 0.6) is 0 Å². The number of nitrogens with zero attached hydrogens (tertiary/aromatic N) is 2. The fourth-order valence-corrected chi connectivity index (χ4v) is 2.42. The van der Waals surface area contributed by atoms with Crippen molar-refractivity contribution < 1.29 is 18.4 Å². The van der Waals surface area contributed by atoms with Crippen LogP contribution in [-0.2, 0) is 4.79 Å². The summed E-state index contributed by atoms with van der Waals surface area (Å²) < 4.78 is 18.7. The topological polar surface area (TPSA) is 86.9 Å². The number of carbonyl (C=O) groups is 2. The molecule has 0 spiro atoms. The highest BCUT2D eigenvalue weighted by Gasteiger charge is 2.29. The lowest BCUT2D eigenvalue weighted by Crippen LogP contribution is -2.29. The Morgan fingerprint density at radius 2 is 2.04 bits per heavy atom. The first kappa shape index (κ1) is 16.9. The van der Waals surface area contributed by atoms with Crippen LogP contribution in [0.15, 0.2) is 56.2 Å². The largest absolute Gasteiger partial charge is 0.450 e. The number of amides is 3. The number of urea groups is 1. The minimum atomic E-state index is -0.698. The predicted molar refractivity (Wildman–Crippen MR) is 93.1 cm³/mol. The zero-order valence-electron chi connectivity index (χ0n) is 12.9. The molecule has 128 valence electrons. The van der Waals surface area contributed by atoms with Gasteiger partial charge in [0.15, 0.2) is 4.67 Å². The van der Waals surface area contributed by atoms with Crippen molar-refractivity contribution in [1.82, 2.24) is 10.2 Å². The van der Waals surface area contributed by atoms with E-state index < -0.39 is 17.8 Å². The van der Waals surface area contributed by atoms with Gasteiger partial charge in [0.1, 0.15) is 17.3 Å². The number of carbonyl (C=O) groups excluding carboxylic acids is 2. The average Bonchev–Trinajstić information content (AvgIpc) is 3.08. The number of nitrogens with one attached hydrogen (secondary N) is 2. The molecule has 1 fully saturated rings. The second-order valence-electron chi connectivity index (χ2n) is 5.06.